The predicted octanol–water partition coefficient (Wildman–Crippen LogP) is 2.74. The molecule has 0 aliphatic carbocycles. The molecule has 0 fully saturated rings. The minimum Gasteiger partial charge on any atom is -0.496 e. The molecule has 0 unspecified atom stereocenters. The maximum atomic E-state index is 12.6. The number of nitrogens with zero attached hydrogens (tertiary/aromatic N) is 2. The minimum absolute atomic E-state index is 0.0408. The zero-order valence-corrected chi connectivity index (χ0v) is 14.9. The molecule has 140 valence electrons. The van der Waals surface area contributed by atoms with E-state index in [0.717, 1.165) is 23.7 Å². The second kappa shape index (κ2) is 7.45. The lowest BCUT2D eigenvalue weighted by molar-refractivity contribution is -0.384. The summed E-state index contributed by atoms with van der Waals surface area (Å²) in [4.78, 5) is 36.8. The fourth-order valence-electron chi connectivity index (χ4n) is 3.19. The molecule has 0 N–H and O–H groups in total. The Morgan fingerprint density at radius 2 is 2.00 bits per heavy atom. The summed E-state index contributed by atoms with van der Waals surface area (Å²) < 4.78 is 10.2. The number of amides is 1. The van der Waals surface area contributed by atoms with Gasteiger partial charge in [-0.3, -0.25) is 14.9 Å². The highest BCUT2D eigenvalue weighted by atomic mass is 16.6. The third-order valence-electron chi connectivity index (χ3n) is 4.42. The third kappa shape index (κ3) is 3.59. The van der Waals surface area contributed by atoms with Gasteiger partial charge in [0.2, 0.25) is 0 Å². The van der Waals surface area contributed by atoms with Gasteiger partial charge in [-0.1, -0.05) is 18.2 Å². The highest BCUT2D eigenvalue weighted by Gasteiger charge is 2.31. The van der Waals surface area contributed by atoms with Gasteiger partial charge < -0.3 is 14.4 Å². The first-order valence-corrected chi connectivity index (χ1v) is 8.32. The molecule has 8 heteroatoms. The van der Waals surface area contributed by atoms with Gasteiger partial charge in [0.1, 0.15) is 11.3 Å². The van der Waals surface area contributed by atoms with Crippen molar-refractivity contribution in [2.45, 2.75) is 19.4 Å². The number of hydrogen-bond acceptors (Lipinski definition) is 6. The number of nitro groups is 1. The molecule has 0 radical (unpaired) electrons. The van der Waals surface area contributed by atoms with E-state index in [1.165, 1.54) is 19.2 Å². The Kier molecular flexibility index (Phi) is 5.07. The van der Waals surface area contributed by atoms with Crippen molar-refractivity contribution in [1.29, 1.82) is 0 Å². The van der Waals surface area contributed by atoms with Crippen LogP contribution in [0.5, 0.6) is 5.75 Å². The number of esters is 1. The largest absolute Gasteiger partial charge is 0.496 e. The standard InChI is InChI=1S/C19H18N2O6/c1-12-9-13-5-3-4-6-16(13)20(12)18(22)11-27-19(23)15-10-14(21(24)25)7-8-17(15)26-2/h3-8,10,12H,9,11H2,1-2H3/t12-/m1/s1. The van der Waals surface area contributed by atoms with Gasteiger partial charge in [0.05, 0.1) is 12.0 Å². The molecule has 1 aliphatic heterocycles. The SMILES string of the molecule is COc1ccc([N+](=O)[O-])cc1C(=O)OCC(=O)N1c2ccccc2C[C@H]1C. The van der Waals surface area contributed by atoms with E-state index < -0.39 is 17.5 Å². The number of nitro benzene ring substituents is 1. The van der Waals surface area contributed by atoms with Crippen LogP contribution in [0.15, 0.2) is 42.5 Å². The topological polar surface area (TPSA) is 99.0 Å². The van der Waals surface area contributed by atoms with Crippen LogP contribution in [0.1, 0.15) is 22.8 Å². The number of non-ortho nitro benzene ring substituents is 1. The van der Waals surface area contributed by atoms with Gasteiger partial charge in [0, 0.05) is 23.9 Å². The van der Waals surface area contributed by atoms with E-state index in [2.05, 4.69) is 0 Å². The minimum atomic E-state index is -0.857. The van der Waals surface area contributed by atoms with Crippen molar-refractivity contribution in [2.75, 3.05) is 18.6 Å². The Balaban J connectivity index is 1.74. The quantitative estimate of drug-likeness (QED) is 0.456. The summed E-state index contributed by atoms with van der Waals surface area (Å²) in [5.74, 6) is -1.08. The van der Waals surface area contributed by atoms with E-state index in [0.29, 0.717) is 0 Å². The zero-order valence-electron chi connectivity index (χ0n) is 14.9. The van der Waals surface area contributed by atoms with Gasteiger partial charge in [-0.25, -0.2) is 4.79 Å². The van der Waals surface area contributed by atoms with Crippen molar-refractivity contribution in [1.82, 2.24) is 0 Å². The Hall–Kier alpha value is -3.42. The lowest BCUT2D eigenvalue weighted by Gasteiger charge is -2.22. The van der Waals surface area contributed by atoms with E-state index in [4.69, 9.17) is 9.47 Å². The second-order valence-electron chi connectivity index (χ2n) is 6.16. The summed E-state index contributed by atoms with van der Waals surface area (Å²) in [6.45, 7) is 1.45. The molecule has 1 heterocycles. The van der Waals surface area contributed by atoms with Gasteiger partial charge in [0.25, 0.3) is 11.6 Å². The molecule has 27 heavy (non-hydrogen) atoms. The average molecular weight is 370 g/mol. The molecule has 2 aromatic carbocycles. The number of carbonyl (C=O) groups is 2. The van der Waals surface area contributed by atoms with Gasteiger partial charge in [-0.05, 0) is 31.0 Å². The highest BCUT2D eigenvalue weighted by molar-refractivity contribution is 5.99. The first kappa shape index (κ1) is 18.4. The fraction of sp³-hybridized carbons (Fsp3) is 0.263. The fourth-order valence-corrected chi connectivity index (χ4v) is 3.19. The van der Waals surface area contributed by atoms with Crippen LogP contribution >= 0.6 is 0 Å². The van der Waals surface area contributed by atoms with Crippen molar-refractivity contribution in [2.24, 2.45) is 0 Å². The third-order valence-corrected chi connectivity index (χ3v) is 4.42. The summed E-state index contributed by atoms with van der Waals surface area (Å²) in [6.07, 6.45) is 0.731. The average Bonchev–Trinajstić information content (AvgIpc) is 3.00. The number of hydrogen-bond donors (Lipinski definition) is 0. The van der Waals surface area contributed by atoms with Crippen molar-refractivity contribution >= 4 is 23.3 Å². The van der Waals surface area contributed by atoms with Gasteiger partial charge >= 0.3 is 5.97 Å². The van der Waals surface area contributed by atoms with Gasteiger partial charge in [0.15, 0.2) is 6.61 Å². The van der Waals surface area contributed by atoms with Crippen LogP contribution in [0, 0.1) is 10.1 Å². The van der Waals surface area contributed by atoms with Gasteiger partial charge in [-0.2, -0.15) is 0 Å². The number of methoxy groups -OCH3 is 1. The maximum Gasteiger partial charge on any atom is 0.342 e. The van der Waals surface area contributed by atoms with Crippen molar-refractivity contribution in [3.63, 3.8) is 0 Å². The number of rotatable bonds is 5. The molecule has 0 saturated carbocycles. The molecule has 0 bridgehead atoms. The molecular weight excluding hydrogens is 352 g/mol. The van der Waals surface area contributed by atoms with Crippen LogP contribution in [-0.2, 0) is 16.0 Å². The van der Waals surface area contributed by atoms with Crippen LogP contribution in [0.2, 0.25) is 0 Å². The molecule has 0 saturated heterocycles. The monoisotopic (exact) mass is 370 g/mol. The molecular formula is C19H18N2O6. The van der Waals surface area contributed by atoms with E-state index in [1.54, 1.807) is 4.90 Å². The Morgan fingerprint density at radius 3 is 2.70 bits per heavy atom. The van der Waals surface area contributed by atoms with Crippen LogP contribution in [0.25, 0.3) is 0 Å². The van der Waals surface area contributed by atoms with Crippen LogP contribution < -0.4 is 9.64 Å². The normalized spacial score (nSPS) is 15.2. The van der Waals surface area contributed by atoms with Crippen molar-refractivity contribution in [3.8, 4) is 5.75 Å². The molecule has 0 spiro atoms. The number of fused-ring (bicyclic) bond motifs is 1. The number of benzene rings is 2. The number of ether oxygens (including phenoxy) is 2. The number of para-hydroxylation sites is 1. The Morgan fingerprint density at radius 1 is 1.26 bits per heavy atom. The van der Waals surface area contributed by atoms with E-state index in [1.807, 2.05) is 31.2 Å². The second-order valence-corrected chi connectivity index (χ2v) is 6.16. The Labute approximate surface area is 155 Å². The zero-order chi connectivity index (χ0) is 19.6. The van der Waals surface area contributed by atoms with Crippen LogP contribution in [0.3, 0.4) is 0 Å². The first-order chi connectivity index (χ1) is 12.9. The van der Waals surface area contributed by atoms with Crippen LogP contribution in [0.4, 0.5) is 11.4 Å². The maximum absolute atomic E-state index is 12.6. The van der Waals surface area contributed by atoms with E-state index >= 15 is 0 Å². The molecule has 1 atom stereocenters. The lowest BCUT2D eigenvalue weighted by Crippen LogP contribution is -2.38. The van der Waals surface area contributed by atoms with Crippen molar-refractivity contribution < 1.29 is 24.0 Å². The summed E-state index contributed by atoms with van der Waals surface area (Å²) in [6, 6.07) is 11.1. The Bertz CT molecular complexity index is 911. The summed E-state index contributed by atoms with van der Waals surface area (Å²) in [5, 5.41) is 10.9. The summed E-state index contributed by atoms with van der Waals surface area (Å²) in [5.41, 5.74) is 1.49. The number of anilines is 1. The molecule has 3 rings (SSSR count). The van der Waals surface area contributed by atoms with Crippen molar-refractivity contribution in [3.05, 3.63) is 63.7 Å². The molecule has 1 aliphatic rings. The first-order valence-electron chi connectivity index (χ1n) is 8.32. The summed E-state index contributed by atoms with van der Waals surface area (Å²) in [7, 11) is 1.34. The summed E-state index contributed by atoms with van der Waals surface area (Å²) >= 11 is 0. The smallest absolute Gasteiger partial charge is 0.342 e. The van der Waals surface area contributed by atoms with E-state index in [9.17, 15) is 19.7 Å². The molecule has 8 nitrogen and oxygen atoms in total. The predicted molar refractivity (Wildman–Crippen MR) is 97.0 cm³/mol. The molecule has 0 aromatic heterocycles. The highest BCUT2D eigenvalue weighted by Crippen LogP contribution is 2.32. The molecule has 2 aromatic rings. The van der Waals surface area contributed by atoms with E-state index in [-0.39, 0.29) is 28.9 Å². The van der Waals surface area contributed by atoms with Gasteiger partial charge in [-0.15, -0.1) is 0 Å². The lowest BCUT2D eigenvalue weighted by atomic mass is 10.1. The van der Waals surface area contributed by atoms with Crippen LogP contribution in [-0.4, -0.2) is 36.6 Å². The number of carbonyl (C=O) groups excluding carboxylic acids is 2. The molecule has 1 amide bonds.